The van der Waals surface area contributed by atoms with Gasteiger partial charge in [-0.25, -0.2) is 4.39 Å². The number of benzene rings is 2. The Morgan fingerprint density at radius 2 is 2.00 bits per heavy atom. The fourth-order valence-corrected chi connectivity index (χ4v) is 3.14. The van der Waals surface area contributed by atoms with Gasteiger partial charge in [-0.15, -0.1) is 11.6 Å². The first-order valence-corrected chi connectivity index (χ1v) is 7.35. The van der Waals surface area contributed by atoms with Gasteiger partial charge in [-0.1, -0.05) is 35.9 Å². The third-order valence-corrected chi connectivity index (χ3v) is 4.27. The molecule has 0 spiro atoms. The molecule has 0 heterocycles. The normalized spacial score (nSPS) is 20.1. The Kier molecular flexibility index (Phi) is 3.87. The third-order valence-electron chi connectivity index (χ3n) is 3.63. The first kappa shape index (κ1) is 14.4. The van der Waals surface area contributed by atoms with Crippen LogP contribution in [-0.2, 0) is 6.42 Å². The molecule has 1 aliphatic rings. The van der Waals surface area contributed by atoms with Gasteiger partial charge in [0.25, 0.3) is 5.91 Å². The molecule has 1 amide bonds. The summed E-state index contributed by atoms with van der Waals surface area (Å²) in [6, 6.07) is 11.3. The van der Waals surface area contributed by atoms with Crippen LogP contribution in [0.3, 0.4) is 0 Å². The lowest BCUT2D eigenvalue weighted by molar-refractivity contribution is 0.0933. The van der Waals surface area contributed by atoms with Crippen molar-refractivity contribution < 1.29 is 9.18 Å². The summed E-state index contributed by atoms with van der Waals surface area (Å²) in [5.74, 6) is -1.11. The average Bonchev–Trinajstić information content (AvgIpc) is 2.78. The van der Waals surface area contributed by atoms with E-state index < -0.39 is 11.7 Å². The average molecular weight is 324 g/mol. The predicted molar refractivity (Wildman–Crippen MR) is 81.4 cm³/mol. The number of carbonyl (C=O) groups is 1. The molecule has 0 aromatic heterocycles. The number of fused-ring (bicyclic) bond motifs is 1. The van der Waals surface area contributed by atoms with Gasteiger partial charge >= 0.3 is 0 Å². The highest BCUT2D eigenvalue weighted by Crippen LogP contribution is 2.35. The summed E-state index contributed by atoms with van der Waals surface area (Å²) in [6.07, 6.45) is 0.681. The van der Waals surface area contributed by atoms with Gasteiger partial charge in [0.15, 0.2) is 0 Å². The third kappa shape index (κ3) is 2.76. The highest BCUT2D eigenvalue weighted by molar-refractivity contribution is 6.31. The molecule has 0 fully saturated rings. The Balaban J connectivity index is 1.87. The maximum Gasteiger partial charge on any atom is 0.254 e. The van der Waals surface area contributed by atoms with Crippen LogP contribution in [0.2, 0.25) is 5.02 Å². The van der Waals surface area contributed by atoms with Crippen molar-refractivity contribution in [1.82, 2.24) is 5.32 Å². The number of hydrogen-bond acceptors (Lipinski definition) is 1. The van der Waals surface area contributed by atoms with E-state index in [-0.39, 0.29) is 17.0 Å². The first-order valence-electron chi connectivity index (χ1n) is 6.54. The zero-order valence-electron chi connectivity index (χ0n) is 10.9. The smallest absolute Gasteiger partial charge is 0.254 e. The molecule has 1 N–H and O–H groups in total. The van der Waals surface area contributed by atoms with Gasteiger partial charge in [-0.3, -0.25) is 4.79 Å². The second kappa shape index (κ2) is 5.66. The van der Waals surface area contributed by atoms with E-state index in [1.165, 1.54) is 18.2 Å². The topological polar surface area (TPSA) is 29.1 Å². The number of hydrogen-bond donors (Lipinski definition) is 1. The summed E-state index contributed by atoms with van der Waals surface area (Å²) in [5.41, 5.74) is 2.01. The zero-order valence-corrected chi connectivity index (χ0v) is 12.5. The van der Waals surface area contributed by atoms with Crippen LogP contribution >= 0.6 is 23.2 Å². The van der Waals surface area contributed by atoms with Crippen molar-refractivity contribution in [1.29, 1.82) is 0 Å². The number of amides is 1. The summed E-state index contributed by atoms with van der Waals surface area (Å²) in [7, 11) is 0. The van der Waals surface area contributed by atoms with Gasteiger partial charge < -0.3 is 5.32 Å². The van der Waals surface area contributed by atoms with Crippen LogP contribution in [0.25, 0.3) is 0 Å². The van der Waals surface area contributed by atoms with E-state index in [0.29, 0.717) is 11.4 Å². The molecule has 2 aromatic carbocycles. The Morgan fingerprint density at radius 3 is 2.81 bits per heavy atom. The van der Waals surface area contributed by atoms with Crippen molar-refractivity contribution in [2.45, 2.75) is 17.8 Å². The van der Waals surface area contributed by atoms with Crippen molar-refractivity contribution in [3.05, 3.63) is 70.0 Å². The summed E-state index contributed by atoms with van der Waals surface area (Å²) < 4.78 is 13.7. The fraction of sp³-hybridized carbons (Fsp3) is 0.188. The van der Waals surface area contributed by atoms with E-state index in [0.717, 1.165) is 11.1 Å². The monoisotopic (exact) mass is 323 g/mol. The molecular formula is C16H12Cl2FNO. The van der Waals surface area contributed by atoms with Crippen molar-refractivity contribution >= 4 is 29.1 Å². The van der Waals surface area contributed by atoms with Crippen molar-refractivity contribution in [3.8, 4) is 0 Å². The lowest BCUT2D eigenvalue weighted by Crippen LogP contribution is -2.32. The fourth-order valence-electron chi connectivity index (χ4n) is 2.60. The molecule has 108 valence electrons. The van der Waals surface area contributed by atoms with Crippen LogP contribution in [0, 0.1) is 5.82 Å². The van der Waals surface area contributed by atoms with E-state index >= 15 is 0 Å². The van der Waals surface area contributed by atoms with Gasteiger partial charge in [0, 0.05) is 5.02 Å². The zero-order chi connectivity index (χ0) is 15.0. The number of nitrogens with one attached hydrogen (secondary N) is 1. The second-order valence-electron chi connectivity index (χ2n) is 4.99. The Bertz CT molecular complexity index is 704. The lowest BCUT2D eigenvalue weighted by atomic mass is 10.1. The van der Waals surface area contributed by atoms with Crippen LogP contribution in [0.4, 0.5) is 4.39 Å². The molecule has 2 aromatic rings. The molecule has 5 heteroatoms. The van der Waals surface area contributed by atoms with Crippen LogP contribution in [0.5, 0.6) is 0 Å². The Hall–Kier alpha value is -1.58. The van der Waals surface area contributed by atoms with Crippen LogP contribution < -0.4 is 5.32 Å². The minimum absolute atomic E-state index is 0.0734. The predicted octanol–water partition coefficient (Wildman–Crippen LogP) is 4.11. The molecule has 0 radical (unpaired) electrons. The van der Waals surface area contributed by atoms with Gasteiger partial charge in [-0.2, -0.15) is 0 Å². The SMILES string of the molecule is O=C(NC1c2ccccc2CC1Cl)c1cc(Cl)ccc1F. The number of carbonyl (C=O) groups excluding carboxylic acids is 1. The minimum Gasteiger partial charge on any atom is -0.344 e. The van der Waals surface area contributed by atoms with Crippen LogP contribution in [-0.4, -0.2) is 11.3 Å². The van der Waals surface area contributed by atoms with E-state index in [9.17, 15) is 9.18 Å². The number of halogens is 3. The van der Waals surface area contributed by atoms with E-state index in [1.54, 1.807) is 0 Å². The lowest BCUT2D eigenvalue weighted by Gasteiger charge is -2.17. The quantitative estimate of drug-likeness (QED) is 0.828. The molecule has 21 heavy (non-hydrogen) atoms. The molecular weight excluding hydrogens is 312 g/mol. The highest BCUT2D eigenvalue weighted by atomic mass is 35.5. The summed E-state index contributed by atoms with van der Waals surface area (Å²) in [6.45, 7) is 0. The summed E-state index contributed by atoms with van der Waals surface area (Å²) in [4.78, 5) is 12.3. The largest absolute Gasteiger partial charge is 0.344 e. The maximum absolute atomic E-state index is 13.7. The minimum atomic E-state index is -0.602. The highest BCUT2D eigenvalue weighted by Gasteiger charge is 2.32. The molecule has 0 saturated carbocycles. The molecule has 0 saturated heterocycles. The first-order chi connectivity index (χ1) is 10.1. The number of rotatable bonds is 2. The molecule has 2 nitrogen and oxygen atoms in total. The molecule has 2 unspecified atom stereocenters. The van der Waals surface area contributed by atoms with E-state index in [1.807, 2.05) is 24.3 Å². The molecule has 2 atom stereocenters. The Labute approximate surface area is 131 Å². The van der Waals surface area contributed by atoms with Crippen molar-refractivity contribution in [2.75, 3.05) is 0 Å². The van der Waals surface area contributed by atoms with Crippen LogP contribution in [0.1, 0.15) is 27.5 Å². The maximum atomic E-state index is 13.7. The van der Waals surface area contributed by atoms with Gasteiger partial charge in [0.05, 0.1) is 17.0 Å². The Morgan fingerprint density at radius 1 is 1.24 bits per heavy atom. The van der Waals surface area contributed by atoms with Crippen molar-refractivity contribution in [3.63, 3.8) is 0 Å². The van der Waals surface area contributed by atoms with Gasteiger partial charge in [-0.05, 0) is 35.7 Å². The second-order valence-corrected chi connectivity index (χ2v) is 5.99. The molecule has 0 aliphatic heterocycles. The standard InChI is InChI=1S/C16H12Cl2FNO/c17-10-5-6-14(19)12(8-10)16(21)20-15-11-4-2-1-3-9(11)7-13(15)18/h1-6,8,13,15H,7H2,(H,20,21). The van der Waals surface area contributed by atoms with Crippen molar-refractivity contribution in [2.24, 2.45) is 0 Å². The molecule has 0 bridgehead atoms. The molecule has 1 aliphatic carbocycles. The van der Waals surface area contributed by atoms with E-state index in [4.69, 9.17) is 23.2 Å². The summed E-state index contributed by atoms with van der Waals surface area (Å²) >= 11 is 12.1. The van der Waals surface area contributed by atoms with Gasteiger partial charge in [0.1, 0.15) is 5.82 Å². The molecule has 3 rings (SSSR count). The van der Waals surface area contributed by atoms with Crippen LogP contribution in [0.15, 0.2) is 42.5 Å². The number of alkyl halides is 1. The van der Waals surface area contributed by atoms with Gasteiger partial charge in [0.2, 0.25) is 0 Å². The summed E-state index contributed by atoms with van der Waals surface area (Å²) in [5, 5.41) is 2.87. The van der Waals surface area contributed by atoms with E-state index in [2.05, 4.69) is 5.32 Å².